The second kappa shape index (κ2) is 9.12. The van der Waals surface area contributed by atoms with Crippen LogP contribution in [0.3, 0.4) is 0 Å². The van der Waals surface area contributed by atoms with Gasteiger partial charge in [-0.3, -0.25) is 19.4 Å². The second-order valence-corrected chi connectivity index (χ2v) is 8.47. The first-order valence-corrected chi connectivity index (χ1v) is 11.4. The number of aromatic nitrogens is 3. The molecule has 2 saturated heterocycles. The molecule has 0 radical (unpaired) electrons. The molecule has 0 aliphatic carbocycles. The highest BCUT2D eigenvalue weighted by Gasteiger charge is 2.46. The van der Waals surface area contributed by atoms with Crippen molar-refractivity contribution in [1.29, 1.82) is 0 Å². The number of aryl methyl sites for hydroxylation is 1. The molecule has 0 unspecified atom stereocenters. The van der Waals surface area contributed by atoms with Crippen molar-refractivity contribution in [2.45, 2.75) is 44.5 Å². The number of nitrogens with zero attached hydrogens (tertiary/aromatic N) is 5. The Kier molecular flexibility index (Phi) is 5.90. The maximum atomic E-state index is 12.8. The summed E-state index contributed by atoms with van der Waals surface area (Å²) in [6.07, 6.45) is 7.59. The molecule has 2 aliphatic rings. The highest BCUT2D eigenvalue weighted by atomic mass is 16.5. The topological polar surface area (TPSA) is 63.5 Å². The summed E-state index contributed by atoms with van der Waals surface area (Å²) in [6.45, 7) is 5.20. The number of ether oxygens (including phenoxy) is 1. The molecule has 7 heteroatoms. The van der Waals surface area contributed by atoms with Gasteiger partial charge in [-0.25, -0.2) is 0 Å². The van der Waals surface area contributed by atoms with Crippen LogP contribution < -0.4 is 4.74 Å². The summed E-state index contributed by atoms with van der Waals surface area (Å²) in [4.78, 5) is 21.5. The van der Waals surface area contributed by atoms with E-state index in [9.17, 15) is 4.79 Å². The van der Waals surface area contributed by atoms with Crippen molar-refractivity contribution in [2.75, 3.05) is 19.6 Å². The molecule has 2 fully saturated rings. The molecule has 0 N–H and O–H groups in total. The number of benzene rings is 1. The molecule has 2 aromatic heterocycles. The lowest BCUT2D eigenvalue weighted by Gasteiger charge is -2.53. The van der Waals surface area contributed by atoms with Crippen LogP contribution in [0.15, 0.2) is 67.1 Å². The van der Waals surface area contributed by atoms with Gasteiger partial charge in [0.1, 0.15) is 17.5 Å². The Labute approximate surface area is 188 Å². The van der Waals surface area contributed by atoms with Gasteiger partial charge in [0, 0.05) is 50.8 Å². The van der Waals surface area contributed by atoms with Gasteiger partial charge in [-0.2, -0.15) is 5.10 Å². The Morgan fingerprint density at radius 3 is 2.50 bits per heavy atom. The van der Waals surface area contributed by atoms with Gasteiger partial charge in [0.2, 0.25) is 0 Å². The number of carbonyl (C=O) groups excluding carboxylic acids is 1. The zero-order valence-electron chi connectivity index (χ0n) is 18.4. The first kappa shape index (κ1) is 20.7. The monoisotopic (exact) mass is 431 g/mol. The highest BCUT2D eigenvalue weighted by molar-refractivity contribution is 5.92. The van der Waals surface area contributed by atoms with Crippen LogP contribution in [0, 0.1) is 0 Å². The van der Waals surface area contributed by atoms with E-state index in [-0.39, 0.29) is 18.1 Å². The van der Waals surface area contributed by atoms with Crippen LogP contribution >= 0.6 is 0 Å². The van der Waals surface area contributed by atoms with Crippen molar-refractivity contribution in [1.82, 2.24) is 24.6 Å². The van der Waals surface area contributed by atoms with Gasteiger partial charge in [0.05, 0.1) is 6.04 Å². The van der Waals surface area contributed by atoms with E-state index in [4.69, 9.17) is 4.74 Å². The molecule has 2 aliphatic heterocycles. The Morgan fingerprint density at radius 2 is 1.81 bits per heavy atom. The van der Waals surface area contributed by atoms with Gasteiger partial charge in [-0.15, -0.1) is 0 Å². The van der Waals surface area contributed by atoms with Crippen LogP contribution in [0.4, 0.5) is 0 Å². The molecule has 4 heterocycles. The SMILES string of the molecule is CCn1ccc(C(=O)N2CCC(N3C[C@H](Oc4ccccc4)[C@@H]3c3ccncc3)CC2)n1. The molecule has 32 heavy (non-hydrogen) atoms. The van der Waals surface area contributed by atoms with E-state index in [2.05, 4.69) is 27.1 Å². The lowest BCUT2D eigenvalue weighted by molar-refractivity contribution is -0.0842. The molecule has 3 aromatic rings. The van der Waals surface area contributed by atoms with Crippen LogP contribution in [0.2, 0.25) is 0 Å². The fourth-order valence-corrected chi connectivity index (χ4v) is 4.83. The van der Waals surface area contributed by atoms with Gasteiger partial charge in [0.15, 0.2) is 0 Å². The van der Waals surface area contributed by atoms with Crippen LogP contribution in [-0.4, -0.2) is 62.3 Å². The Balaban J connectivity index is 1.24. The van der Waals surface area contributed by atoms with E-state index in [0.717, 1.165) is 44.8 Å². The first-order valence-electron chi connectivity index (χ1n) is 11.4. The molecule has 1 amide bonds. The number of pyridine rings is 1. The van der Waals surface area contributed by atoms with E-state index >= 15 is 0 Å². The van der Waals surface area contributed by atoms with Gasteiger partial charge >= 0.3 is 0 Å². The lowest BCUT2D eigenvalue weighted by Crippen LogP contribution is -2.61. The third-order valence-electron chi connectivity index (χ3n) is 6.58. The summed E-state index contributed by atoms with van der Waals surface area (Å²) < 4.78 is 8.13. The van der Waals surface area contributed by atoms with E-state index in [1.165, 1.54) is 5.56 Å². The predicted octanol–water partition coefficient (Wildman–Crippen LogP) is 3.41. The van der Waals surface area contributed by atoms with Crippen molar-refractivity contribution in [3.63, 3.8) is 0 Å². The summed E-state index contributed by atoms with van der Waals surface area (Å²) >= 11 is 0. The quantitative estimate of drug-likeness (QED) is 0.599. The number of carbonyl (C=O) groups is 1. The minimum absolute atomic E-state index is 0.0373. The Hall–Kier alpha value is -3.19. The third kappa shape index (κ3) is 4.12. The normalized spacial score (nSPS) is 21.8. The summed E-state index contributed by atoms with van der Waals surface area (Å²) in [7, 11) is 0. The lowest BCUT2D eigenvalue weighted by atomic mass is 9.87. The van der Waals surface area contributed by atoms with Crippen LogP contribution in [-0.2, 0) is 6.54 Å². The van der Waals surface area contributed by atoms with Crippen molar-refractivity contribution in [3.05, 3.63) is 78.4 Å². The number of piperidine rings is 1. The maximum absolute atomic E-state index is 12.8. The minimum Gasteiger partial charge on any atom is -0.487 e. The van der Waals surface area contributed by atoms with Gasteiger partial charge in [-0.1, -0.05) is 18.2 Å². The maximum Gasteiger partial charge on any atom is 0.274 e. The van der Waals surface area contributed by atoms with Crippen molar-refractivity contribution in [2.24, 2.45) is 0 Å². The van der Waals surface area contributed by atoms with Crippen molar-refractivity contribution < 1.29 is 9.53 Å². The molecular formula is C25H29N5O2. The molecular weight excluding hydrogens is 402 g/mol. The van der Waals surface area contributed by atoms with E-state index in [1.54, 1.807) is 4.68 Å². The Morgan fingerprint density at radius 1 is 1.06 bits per heavy atom. The highest BCUT2D eigenvalue weighted by Crippen LogP contribution is 2.40. The second-order valence-electron chi connectivity index (χ2n) is 8.47. The number of para-hydroxylation sites is 1. The fourth-order valence-electron chi connectivity index (χ4n) is 4.83. The average molecular weight is 432 g/mol. The fraction of sp³-hybridized carbons (Fsp3) is 0.400. The number of likely N-dealkylation sites (tertiary alicyclic amines) is 2. The summed E-state index contributed by atoms with van der Waals surface area (Å²) in [6, 6.07) is 16.6. The van der Waals surface area contributed by atoms with E-state index in [0.29, 0.717) is 11.7 Å². The molecule has 5 rings (SSSR count). The molecule has 0 bridgehead atoms. The van der Waals surface area contributed by atoms with Crippen LogP contribution in [0.25, 0.3) is 0 Å². The summed E-state index contributed by atoms with van der Waals surface area (Å²) in [5.41, 5.74) is 1.77. The summed E-state index contributed by atoms with van der Waals surface area (Å²) in [5, 5.41) is 4.38. The van der Waals surface area contributed by atoms with Crippen molar-refractivity contribution >= 4 is 5.91 Å². The van der Waals surface area contributed by atoms with E-state index < -0.39 is 0 Å². The molecule has 2 atom stereocenters. The number of amides is 1. The minimum atomic E-state index is 0.0373. The predicted molar refractivity (Wildman–Crippen MR) is 121 cm³/mol. The molecule has 0 saturated carbocycles. The first-order chi connectivity index (χ1) is 15.7. The zero-order valence-corrected chi connectivity index (χ0v) is 18.4. The van der Waals surface area contributed by atoms with Gasteiger partial charge in [0.25, 0.3) is 5.91 Å². The zero-order chi connectivity index (χ0) is 21.9. The third-order valence-corrected chi connectivity index (χ3v) is 6.58. The smallest absolute Gasteiger partial charge is 0.274 e. The average Bonchev–Trinajstić information content (AvgIpc) is 3.32. The molecule has 166 valence electrons. The summed E-state index contributed by atoms with van der Waals surface area (Å²) in [5.74, 6) is 0.943. The van der Waals surface area contributed by atoms with Gasteiger partial charge in [-0.05, 0) is 55.7 Å². The molecule has 0 spiro atoms. The molecule has 7 nitrogen and oxygen atoms in total. The van der Waals surface area contributed by atoms with E-state index in [1.807, 2.05) is 66.8 Å². The van der Waals surface area contributed by atoms with Crippen molar-refractivity contribution in [3.8, 4) is 5.75 Å². The Bertz CT molecular complexity index is 1030. The standard InChI is InChI=1S/C25H29N5O2/c1-2-29-17-12-22(27-29)25(31)28-15-10-20(11-16-28)30-18-23(32-21-6-4-3-5-7-21)24(30)19-8-13-26-14-9-19/h3-9,12-14,17,20,23-24H,2,10-11,15-16,18H2,1H3/t23-,24-/m0/s1. The molecule has 1 aromatic carbocycles. The number of hydrogen-bond acceptors (Lipinski definition) is 5. The largest absolute Gasteiger partial charge is 0.487 e. The van der Waals surface area contributed by atoms with Crippen LogP contribution in [0.5, 0.6) is 5.75 Å². The van der Waals surface area contributed by atoms with Gasteiger partial charge < -0.3 is 9.64 Å². The number of hydrogen-bond donors (Lipinski definition) is 0. The number of rotatable bonds is 6. The van der Waals surface area contributed by atoms with Crippen LogP contribution in [0.1, 0.15) is 41.9 Å².